The maximum absolute atomic E-state index is 11.5. The van der Waals surface area contributed by atoms with Crippen molar-refractivity contribution in [2.24, 2.45) is 0 Å². The van der Waals surface area contributed by atoms with E-state index in [1.54, 1.807) is 0 Å². The maximum Gasteiger partial charge on any atom is 0.186 e. The molecule has 0 aromatic rings. The first-order chi connectivity index (χ1) is 22.5. The van der Waals surface area contributed by atoms with E-state index in [9.17, 15) is 5.11 Å². The third-order valence-corrected chi connectivity index (χ3v) is 14.3. The number of rotatable bonds is 18. The second-order valence-electron chi connectivity index (χ2n) is 21.0. The molecule has 2 aliphatic heterocycles. The zero-order chi connectivity index (χ0) is 39.8. The van der Waals surface area contributed by atoms with Crippen molar-refractivity contribution in [2.45, 2.75) is 199 Å². The van der Waals surface area contributed by atoms with Crippen LogP contribution in [0.3, 0.4) is 0 Å². The normalized spacial score (nSPS) is 32.4. The largest absolute Gasteiger partial charge is 0.415 e. The van der Waals surface area contributed by atoms with Crippen LogP contribution in [0, 0.1) is 0 Å². The van der Waals surface area contributed by atoms with Gasteiger partial charge in [0.05, 0.1) is 13.2 Å². The highest BCUT2D eigenvalue weighted by Gasteiger charge is 2.56. The molecule has 11 nitrogen and oxygen atoms in total. The Morgan fingerprint density at radius 1 is 0.373 bits per heavy atom. The van der Waals surface area contributed by atoms with Gasteiger partial charge in [0.2, 0.25) is 0 Å². The fourth-order valence-corrected chi connectivity index (χ4v) is 12.6. The summed E-state index contributed by atoms with van der Waals surface area (Å²) in [5.41, 5.74) is 0. The third-order valence-electron chi connectivity index (χ3n) is 7.30. The van der Waals surface area contributed by atoms with Crippen molar-refractivity contribution in [1.29, 1.82) is 0 Å². The van der Waals surface area contributed by atoms with Gasteiger partial charge in [0.15, 0.2) is 70.8 Å². The minimum atomic E-state index is -2.23. The molecule has 0 aromatic heterocycles. The molecule has 18 heteroatoms. The smallest absolute Gasteiger partial charge is 0.186 e. The lowest BCUT2D eigenvalue weighted by molar-refractivity contribution is -0.346. The molecule has 2 aliphatic rings. The Morgan fingerprint density at radius 2 is 0.686 bits per heavy atom. The Hall–Kier alpha value is 1.08. The van der Waals surface area contributed by atoms with E-state index < -0.39 is 120 Å². The molecule has 0 bridgehead atoms. The van der Waals surface area contributed by atoms with Crippen molar-refractivity contribution in [1.82, 2.24) is 0 Å². The van der Waals surface area contributed by atoms with Crippen molar-refractivity contribution < 1.29 is 50.3 Å². The molecule has 0 amide bonds. The summed E-state index contributed by atoms with van der Waals surface area (Å²) in [4.78, 5) is 0. The molecule has 0 saturated carbocycles. The van der Waals surface area contributed by atoms with Gasteiger partial charge in [-0.15, -0.1) is 0 Å². The van der Waals surface area contributed by atoms with Crippen molar-refractivity contribution in [3.63, 3.8) is 0 Å². The molecule has 1 N–H and O–H groups in total. The summed E-state index contributed by atoms with van der Waals surface area (Å²) < 4.78 is 68.5. The second-order valence-corrected chi connectivity index (χ2v) is 52.4. The highest BCUT2D eigenvalue weighted by atomic mass is 28.4. The number of hydrogen-bond acceptors (Lipinski definition) is 11. The van der Waals surface area contributed by atoms with Gasteiger partial charge in [0.1, 0.15) is 48.8 Å². The van der Waals surface area contributed by atoms with Gasteiger partial charge in [-0.05, 0) is 137 Å². The van der Waals surface area contributed by atoms with Crippen LogP contribution < -0.4 is 0 Å². The highest BCUT2D eigenvalue weighted by molar-refractivity contribution is 6.72. The Kier molecular flexibility index (Phi) is 16.7. The molecule has 0 radical (unpaired) electrons. The van der Waals surface area contributed by atoms with Crippen LogP contribution in [0.2, 0.25) is 137 Å². The fourth-order valence-electron chi connectivity index (χ4n) is 5.84. The zero-order valence-corrected chi connectivity index (χ0v) is 43.2. The molecule has 51 heavy (non-hydrogen) atoms. The average Bonchev–Trinajstić information content (AvgIpc) is 2.84. The summed E-state index contributed by atoms with van der Waals surface area (Å²) in [7, 11) is -14.9. The van der Waals surface area contributed by atoms with E-state index in [-0.39, 0.29) is 6.61 Å². The number of aliphatic hydroxyl groups is 1. The van der Waals surface area contributed by atoms with Gasteiger partial charge in [-0.1, -0.05) is 0 Å². The monoisotopic (exact) mass is 846 g/mol. The van der Waals surface area contributed by atoms with Crippen LogP contribution in [0.15, 0.2) is 0 Å². The molecule has 0 aliphatic carbocycles. The van der Waals surface area contributed by atoms with E-state index >= 15 is 0 Å². The molecule has 2 heterocycles. The Balaban J connectivity index is 2.83. The van der Waals surface area contributed by atoms with E-state index in [2.05, 4.69) is 137 Å². The minimum Gasteiger partial charge on any atom is -0.415 e. The van der Waals surface area contributed by atoms with Crippen molar-refractivity contribution in [3.05, 3.63) is 0 Å². The van der Waals surface area contributed by atoms with Crippen LogP contribution in [0.5, 0.6) is 0 Å². The third kappa shape index (κ3) is 18.3. The topological polar surface area (TPSA) is 113 Å². The first kappa shape index (κ1) is 48.2. The summed E-state index contributed by atoms with van der Waals surface area (Å²) >= 11 is 0. The summed E-state index contributed by atoms with van der Waals surface area (Å²) in [6.07, 6.45) is -6.86. The summed E-state index contributed by atoms with van der Waals surface area (Å²) in [6.45, 7) is 45.9. The Morgan fingerprint density at radius 3 is 1.06 bits per heavy atom. The lowest BCUT2D eigenvalue weighted by Gasteiger charge is -2.53. The average molecular weight is 848 g/mol. The van der Waals surface area contributed by atoms with Crippen LogP contribution in [0.25, 0.3) is 0 Å². The molecule has 2 fully saturated rings. The van der Waals surface area contributed by atoms with Gasteiger partial charge in [-0.2, -0.15) is 0 Å². The Bertz CT molecular complexity index is 1070. The van der Waals surface area contributed by atoms with Crippen molar-refractivity contribution in [2.75, 3.05) is 13.2 Å². The standard InChI is InChI=1S/C33H78O11Si7/c1-45(2,3)35-22-24-26(28(41-48(10,11)12)30(32(34)37-24)43-50(16,17)18)39-33-31(44-51(19,20)21)29(42-49(13,14)15)27(40-47(7,8)9)25(38-33)23-36-46(4,5)6/h24-34H,22-23H2,1-21H3/t24-,25-,26-,27+,28+,29+,30-,31-,32-,33+/m1/s1. The molecule has 2 saturated heterocycles. The molecule has 0 spiro atoms. The van der Waals surface area contributed by atoms with Gasteiger partial charge >= 0.3 is 0 Å². The van der Waals surface area contributed by atoms with Crippen LogP contribution in [-0.2, 0) is 45.2 Å². The van der Waals surface area contributed by atoms with Gasteiger partial charge in [-0.25, -0.2) is 0 Å². The predicted octanol–water partition coefficient (Wildman–Crippen LogP) is 7.62. The molecule has 0 aromatic carbocycles. The van der Waals surface area contributed by atoms with E-state index in [0.29, 0.717) is 6.61 Å². The molecule has 0 unspecified atom stereocenters. The summed E-state index contributed by atoms with van der Waals surface area (Å²) in [5.74, 6) is 0. The lowest BCUT2D eigenvalue weighted by atomic mass is 9.97. The molecule has 10 atom stereocenters. The summed E-state index contributed by atoms with van der Waals surface area (Å²) in [6, 6.07) is 0. The number of aliphatic hydroxyl groups excluding tert-OH is 1. The van der Waals surface area contributed by atoms with Gasteiger partial charge in [-0.3, -0.25) is 0 Å². The fraction of sp³-hybridized carbons (Fsp3) is 1.00. The molecular weight excluding hydrogens is 769 g/mol. The van der Waals surface area contributed by atoms with E-state index in [1.165, 1.54) is 0 Å². The van der Waals surface area contributed by atoms with Crippen molar-refractivity contribution in [3.8, 4) is 0 Å². The van der Waals surface area contributed by atoms with E-state index in [1.807, 2.05) is 0 Å². The minimum absolute atomic E-state index is 0.229. The lowest BCUT2D eigenvalue weighted by Crippen LogP contribution is -2.69. The van der Waals surface area contributed by atoms with Crippen LogP contribution in [-0.4, -0.2) is 138 Å². The van der Waals surface area contributed by atoms with E-state index in [0.717, 1.165) is 0 Å². The van der Waals surface area contributed by atoms with Crippen LogP contribution in [0.1, 0.15) is 0 Å². The quantitative estimate of drug-likeness (QED) is 0.138. The van der Waals surface area contributed by atoms with Gasteiger partial charge < -0.3 is 50.3 Å². The predicted molar refractivity (Wildman–Crippen MR) is 224 cm³/mol. The second kappa shape index (κ2) is 17.7. The van der Waals surface area contributed by atoms with E-state index in [4.69, 9.17) is 45.2 Å². The van der Waals surface area contributed by atoms with Gasteiger partial charge in [0.25, 0.3) is 0 Å². The number of ether oxygens (including phenoxy) is 3. The summed E-state index contributed by atoms with van der Waals surface area (Å²) in [5, 5.41) is 11.5. The van der Waals surface area contributed by atoms with Gasteiger partial charge in [0, 0.05) is 0 Å². The van der Waals surface area contributed by atoms with Crippen LogP contribution >= 0.6 is 0 Å². The Labute approximate surface area is 319 Å². The highest BCUT2D eigenvalue weighted by Crippen LogP contribution is 2.38. The molecular formula is C33H78O11Si7. The maximum atomic E-state index is 11.5. The van der Waals surface area contributed by atoms with Crippen LogP contribution in [0.4, 0.5) is 0 Å². The molecule has 304 valence electrons. The molecule has 2 rings (SSSR count). The van der Waals surface area contributed by atoms with Crippen molar-refractivity contribution >= 4 is 58.2 Å². The SMILES string of the molecule is C[Si](C)(C)OC[C@H]1O[C@@H](O[C@H]2[C@H](O[Si](C)(C)C)[C@@H](O[Si](C)(C)C)[C@H](O)O[C@@H]2CO[Si](C)(C)C)[C@H](O[Si](C)(C)C)[C@@H](O[Si](C)(C)C)[C@H]1O[Si](C)(C)C. The first-order valence-corrected chi connectivity index (χ1v) is 42.7. The zero-order valence-electron chi connectivity index (χ0n) is 36.2. The number of hydrogen-bond donors (Lipinski definition) is 1. The first-order valence-electron chi connectivity index (χ1n) is 18.8.